The number of carbonyl (C=O) groups is 2. The Bertz CT molecular complexity index is 1070. The van der Waals surface area contributed by atoms with Gasteiger partial charge in [-0.1, -0.05) is 35.9 Å². The van der Waals surface area contributed by atoms with Gasteiger partial charge in [-0.05, 0) is 50.2 Å². The van der Waals surface area contributed by atoms with Gasteiger partial charge >= 0.3 is 0 Å². The Morgan fingerprint density at radius 2 is 1.61 bits per heavy atom. The number of para-hydroxylation sites is 1. The fourth-order valence-electron chi connectivity index (χ4n) is 3.84. The molecule has 28 heavy (non-hydrogen) atoms. The van der Waals surface area contributed by atoms with E-state index >= 15 is 0 Å². The summed E-state index contributed by atoms with van der Waals surface area (Å²) in [5.74, 6) is -1.07. The average molecular weight is 374 g/mol. The number of aryl methyl sites for hydroxylation is 1. The SMILES string of the molecule is CC(=O)[C@@H](C(=O)c1ccc(F)cc1)[C@H]1c2ccccc2Oc2ccc(C)cc21. The predicted molar refractivity (Wildman–Crippen MR) is 104 cm³/mol. The standard InChI is InChI=1S/C24H19FO3/c1-14-7-12-21-19(13-14)23(18-5-3-4-6-20(18)28-21)22(15(2)26)24(27)16-8-10-17(25)11-9-16/h3-13,22-23H,1-2H3/t22-,23+/m1/s1. The molecule has 0 N–H and O–H groups in total. The average Bonchev–Trinajstić information content (AvgIpc) is 2.68. The van der Waals surface area contributed by atoms with Gasteiger partial charge < -0.3 is 4.74 Å². The number of hydrogen-bond acceptors (Lipinski definition) is 3. The molecular formula is C24H19FO3. The summed E-state index contributed by atoms with van der Waals surface area (Å²) in [6, 6.07) is 18.6. The van der Waals surface area contributed by atoms with Crippen molar-refractivity contribution < 1.29 is 18.7 Å². The summed E-state index contributed by atoms with van der Waals surface area (Å²) >= 11 is 0. The Hall–Kier alpha value is -3.27. The number of fused-ring (bicyclic) bond motifs is 2. The van der Waals surface area contributed by atoms with Gasteiger partial charge in [0.25, 0.3) is 0 Å². The van der Waals surface area contributed by atoms with Gasteiger partial charge in [0.05, 0.1) is 5.92 Å². The lowest BCUT2D eigenvalue weighted by atomic mass is 9.73. The highest BCUT2D eigenvalue weighted by Crippen LogP contribution is 2.48. The number of ether oxygens (including phenoxy) is 1. The molecule has 3 nitrogen and oxygen atoms in total. The van der Waals surface area contributed by atoms with Crippen molar-refractivity contribution in [2.45, 2.75) is 19.8 Å². The molecule has 1 heterocycles. The molecule has 4 rings (SSSR count). The number of hydrogen-bond donors (Lipinski definition) is 0. The number of ketones is 2. The molecule has 1 aliphatic heterocycles. The van der Waals surface area contributed by atoms with Crippen molar-refractivity contribution in [3.8, 4) is 11.5 Å². The second-order valence-electron chi connectivity index (χ2n) is 7.12. The molecule has 0 unspecified atom stereocenters. The van der Waals surface area contributed by atoms with Gasteiger partial charge in [0.15, 0.2) is 5.78 Å². The molecule has 3 aromatic carbocycles. The Balaban J connectivity index is 1.89. The molecular weight excluding hydrogens is 355 g/mol. The maximum Gasteiger partial charge on any atom is 0.174 e. The summed E-state index contributed by atoms with van der Waals surface area (Å²) in [5.41, 5.74) is 2.95. The van der Waals surface area contributed by atoms with E-state index in [2.05, 4.69) is 0 Å². The van der Waals surface area contributed by atoms with Gasteiger partial charge in [0, 0.05) is 22.6 Å². The summed E-state index contributed by atoms with van der Waals surface area (Å²) in [7, 11) is 0. The third-order valence-corrected chi connectivity index (χ3v) is 5.16. The summed E-state index contributed by atoms with van der Waals surface area (Å²) in [6.07, 6.45) is 0. The molecule has 0 fully saturated rings. The first kappa shape index (κ1) is 18.1. The van der Waals surface area contributed by atoms with Crippen molar-refractivity contribution in [1.29, 1.82) is 0 Å². The third kappa shape index (κ3) is 3.11. The molecule has 0 spiro atoms. The summed E-state index contributed by atoms with van der Waals surface area (Å²) in [4.78, 5) is 26.0. The van der Waals surface area contributed by atoms with E-state index in [1.807, 2.05) is 49.4 Å². The molecule has 0 bridgehead atoms. The topological polar surface area (TPSA) is 43.4 Å². The first-order valence-electron chi connectivity index (χ1n) is 9.13. The summed E-state index contributed by atoms with van der Waals surface area (Å²) in [5, 5.41) is 0. The molecule has 2 atom stereocenters. The van der Waals surface area contributed by atoms with E-state index in [0.29, 0.717) is 17.1 Å². The van der Waals surface area contributed by atoms with Crippen LogP contribution in [-0.4, -0.2) is 11.6 Å². The number of Topliss-reactive ketones (excluding diaryl/α,β-unsaturated/α-hetero) is 2. The van der Waals surface area contributed by atoms with Crippen LogP contribution in [-0.2, 0) is 4.79 Å². The summed E-state index contributed by atoms with van der Waals surface area (Å²) < 4.78 is 19.3. The zero-order chi connectivity index (χ0) is 19.8. The van der Waals surface area contributed by atoms with Crippen LogP contribution < -0.4 is 4.74 Å². The van der Waals surface area contributed by atoms with E-state index in [4.69, 9.17) is 4.74 Å². The second-order valence-corrected chi connectivity index (χ2v) is 7.12. The van der Waals surface area contributed by atoms with Crippen molar-refractivity contribution in [2.75, 3.05) is 0 Å². The van der Waals surface area contributed by atoms with Crippen LogP contribution in [0.3, 0.4) is 0 Å². The lowest BCUT2D eigenvalue weighted by Gasteiger charge is -2.32. The molecule has 0 aromatic heterocycles. The second kappa shape index (κ2) is 7.04. The normalized spacial score (nSPS) is 15.8. The maximum absolute atomic E-state index is 13.3. The van der Waals surface area contributed by atoms with Crippen LogP contribution in [0.2, 0.25) is 0 Å². The van der Waals surface area contributed by atoms with Crippen LogP contribution in [0.4, 0.5) is 4.39 Å². The lowest BCUT2D eigenvalue weighted by Crippen LogP contribution is -2.31. The molecule has 3 aromatic rings. The number of carbonyl (C=O) groups excluding carboxylic acids is 2. The predicted octanol–water partition coefficient (Wildman–Crippen LogP) is 5.46. The quantitative estimate of drug-likeness (QED) is 0.450. The first-order chi connectivity index (χ1) is 13.5. The van der Waals surface area contributed by atoms with Crippen LogP contribution in [0.15, 0.2) is 66.7 Å². The van der Waals surface area contributed by atoms with E-state index in [1.54, 1.807) is 0 Å². The molecule has 1 aliphatic rings. The van der Waals surface area contributed by atoms with Crippen LogP contribution >= 0.6 is 0 Å². The lowest BCUT2D eigenvalue weighted by molar-refractivity contribution is -0.119. The van der Waals surface area contributed by atoms with E-state index in [9.17, 15) is 14.0 Å². The van der Waals surface area contributed by atoms with E-state index in [0.717, 1.165) is 16.7 Å². The fraction of sp³-hybridized carbons (Fsp3) is 0.167. The van der Waals surface area contributed by atoms with Crippen LogP contribution in [0.25, 0.3) is 0 Å². The van der Waals surface area contributed by atoms with Crippen LogP contribution in [0, 0.1) is 18.7 Å². The molecule has 140 valence electrons. The van der Waals surface area contributed by atoms with Gasteiger partial charge in [-0.15, -0.1) is 0 Å². The van der Waals surface area contributed by atoms with Gasteiger partial charge in [-0.3, -0.25) is 9.59 Å². The zero-order valence-electron chi connectivity index (χ0n) is 15.6. The van der Waals surface area contributed by atoms with E-state index < -0.39 is 17.7 Å². The van der Waals surface area contributed by atoms with Crippen LogP contribution in [0.1, 0.15) is 39.9 Å². The van der Waals surface area contributed by atoms with Crippen molar-refractivity contribution in [3.63, 3.8) is 0 Å². The summed E-state index contributed by atoms with van der Waals surface area (Å²) in [6.45, 7) is 3.39. The number of rotatable bonds is 4. The van der Waals surface area contributed by atoms with Gasteiger partial charge in [-0.25, -0.2) is 4.39 Å². The Labute approximate surface area is 162 Å². The van der Waals surface area contributed by atoms with Gasteiger partial charge in [0.2, 0.25) is 0 Å². The fourth-order valence-corrected chi connectivity index (χ4v) is 3.84. The maximum atomic E-state index is 13.3. The van der Waals surface area contributed by atoms with Crippen molar-refractivity contribution in [3.05, 3.63) is 94.8 Å². The smallest absolute Gasteiger partial charge is 0.174 e. The molecule has 0 radical (unpaired) electrons. The Morgan fingerprint density at radius 1 is 0.929 bits per heavy atom. The Morgan fingerprint density at radius 3 is 2.32 bits per heavy atom. The highest BCUT2D eigenvalue weighted by atomic mass is 19.1. The molecule has 4 heteroatoms. The van der Waals surface area contributed by atoms with Gasteiger partial charge in [-0.2, -0.15) is 0 Å². The minimum atomic E-state index is -0.920. The minimum absolute atomic E-state index is 0.233. The molecule has 0 saturated carbocycles. The number of benzene rings is 3. The molecule has 0 saturated heterocycles. The van der Waals surface area contributed by atoms with E-state index in [1.165, 1.54) is 31.2 Å². The molecule has 0 amide bonds. The molecule has 0 aliphatic carbocycles. The van der Waals surface area contributed by atoms with Crippen molar-refractivity contribution >= 4 is 11.6 Å². The minimum Gasteiger partial charge on any atom is -0.457 e. The highest BCUT2D eigenvalue weighted by Gasteiger charge is 2.40. The monoisotopic (exact) mass is 374 g/mol. The van der Waals surface area contributed by atoms with Crippen molar-refractivity contribution in [2.24, 2.45) is 5.92 Å². The Kier molecular flexibility index (Phi) is 4.55. The number of halogens is 1. The third-order valence-electron chi connectivity index (χ3n) is 5.16. The van der Waals surface area contributed by atoms with Gasteiger partial charge in [0.1, 0.15) is 23.1 Å². The van der Waals surface area contributed by atoms with Crippen molar-refractivity contribution in [1.82, 2.24) is 0 Å². The largest absolute Gasteiger partial charge is 0.457 e. The van der Waals surface area contributed by atoms with Crippen LogP contribution in [0.5, 0.6) is 11.5 Å². The van der Waals surface area contributed by atoms with E-state index in [-0.39, 0.29) is 11.6 Å². The highest BCUT2D eigenvalue weighted by molar-refractivity contribution is 6.11. The zero-order valence-corrected chi connectivity index (χ0v) is 15.6. The first-order valence-corrected chi connectivity index (χ1v) is 9.13.